The summed E-state index contributed by atoms with van der Waals surface area (Å²) in [6.07, 6.45) is 0. The molecule has 5 nitrogen and oxygen atoms in total. The van der Waals surface area contributed by atoms with Crippen LogP contribution in [0.3, 0.4) is 0 Å². The van der Waals surface area contributed by atoms with Crippen LogP contribution in [0.4, 0.5) is 11.4 Å². The first-order valence-electron chi connectivity index (χ1n) is 12.2. The lowest BCUT2D eigenvalue weighted by molar-refractivity contribution is 0.0766. The number of nitrogens with zero attached hydrogens (tertiary/aromatic N) is 1. The lowest BCUT2D eigenvalue weighted by atomic mass is 9.98. The number of amides is 2. The van der Waals surface area contributed by atoms with E-state index in [1.807, 2.05) is 53.4 Å². The molecule has 0 saturated heterocycles. The van der Waals surface area contributed by atoms with E-state index >= 15 is 0 Å². The standard InChI is InChI=1S/C32H25N3O2/c33-29-7-3-4-8-30(29)34-31(36)23-11-9-21(10-12-23)19-35-20-27-18-26(15-16-28(27)32(35)37)25-14-13-22-5-1-2-6-24(22)17-25/h1-18H,19-20,33H2,(H,34,36). The second-order valence-corrected chi connectivity index (χ2v) is 9.33. The largest absolute Gasteiger partial charge is 0.397 e. The predicted molar refractivity (Wildman–Crippen MR) is 148 cm³/mol. The number of fused-ring (bicyclic) bond motifs is 2. The van der Waals surface area contributed by atoms with Crippen molar-refractivity contribution >= 4 is 34.0 Å². The molecule has 5 heteroatoms. The molecule has 0 fully saturated rings. The van der Waals surface area contributed by atoms with Gasteiger partial charge in [0.05, 0.1) is 11.4 Å². The van der Waals surface area contributed by atoms with Gasteiger partial charge in [0.25, 0.3) is 11.8 Å². The van der Waals surface area contributed by atoms with Crippen LogP contribution in [-0.4, -0.2) is 16.7 Å². The minimum absolute atomic E-state index is 0.0291. The molecule has 2 amide bonds. The number of nitrogens with two attached hydrogens (primary N) is 1. The number of nitrogens with one attached hydrogen (secondary N) is 1. The monoisotopic (exact) mass is 483 g/mol. The minimum Gasteiger partial charge on any atom is -0.397 e. The minimum atomic E-state index is -0.227. The van der Waals surface area contributed by atoms with E-state index < -0.39 is 0 Å². The molecule has 0 spiro atoms. The summed E-state index contributed by atoms with van der Waals surface area (Å²) in [7, 11) is 0. The molecule has 5 aromatic carbocycles. The van der Waals surface area contributed by atoms with E-state index in [0.29, 0.717) is 30.0 Å². The van der Waals surface area contributed by atoms with E-state index in [-0.39, 0.29) is 11.8 Å². The van der Waals surface area contributed by atoms with Crippen LogP contribution in [0.15, 0.2) is 109 Å². The summed E-state index contributed by atoms with van der Waals surface area (Å²) in [6, 6.07) is 35.3. The van der Waals surface area contributed by atoms with Gasteiger partial charge in [-0.2, -0.15) is 0 Å². The van der Waals surface area contributed by atoms with Gasteiger partial charge in [0.15, 0.2) is 0 Å². The number of carbonyl (C=O) groups is 2. The highest BCUT2D eigenvalue weighted by Gasteiger charge is 2.27. The smallest absolute Gasteiger partial charge is 0.255 e. The summed E-state index contributed by atoms with van der Waals surface area (Å²) in [5.41, 5.74) is 12.5. The zero-order valence-electron chi connectivity index (χ0n) is 20.1. The molecule has 180 valence electrons. The fourth-order valence-corrected chi connectivity index (χ4v) is 4.84. The van der Waals surface area contributed by atoms with Crippen LogP contribution in [0.25, 0.3) is 21.9 Å². The Labute approximate surface area is 215 Å². The second kappa shape index (κ2) is 9.28. The van der Waals surface area contributed by atoms with E-state index in [1.54, 1.807) is 24.3 Å². The Balaban J connectivity index is 1.16. The summed E-state index contributed by atoms with van der Waals surface area (Å²) in [6.45, 7) is 1.04. The van der Waals surface area contributed by atoms with Crippen molar-refractivity contribution in [1.29, 1.82) is 0 Å². The fourth-order valence-electron chi connectivity index (χ4n) is 4.84. The SMILES string of the molecule is Nc1ccccc1NC(=O)c1ccc(CN2Cc3cc(-c4ccc5ccccc5c4)ccc3C2=O)cc1. The highest BCUT2D eigenvalue weighted by atomic mass is 16.2. The molecule has 0 atom stereocenters. The lowest BCUT2D eigenvalue weighted by Crippen LogP contribution is -2.23. The zero-order valence-corrected chi connectivity index (χ0v) is 20.1. The Morgan fingerprint density at radius 3 is 2.30 bits per heavy atom. The van der Waals surface area contributed by atoms with Crippen molar-refractivity contribution in [1.82, 2.24) is 4.90 Å². The molecule has 5 aromatic rings. The van der Waals surface area contributed by atoms with E-state index in [9.17, 15) is 9.59 Å². The molecule has 0 unspecified atom stereocenters. The summed E-state index contributed by atoms with van der Waals surface area (Å²) >= 11 is 0. The molecule has 0 radical (unpaired) electrons. The van der Waals surface area contributed by atoms with Crippen molar-refractivity contribution in [3.8, 4) is 11.1 Å². The fraction of sp³-hybridized carbons (Fsp3) is 0.0625. The Hall–Kier alpha value is -4.90. The quantitative estimate of drug-likeness (QED) is 0.280. The predicted octanol–water partition coefficient (Wildman–Crippen LogP) is 6.50. The summed E-state index contributed by atoms with van der Waals surface area (Å²) in [5, 5.41) is 5.24. The second-order valence-electron chi connectivity index (χ2n) is 9.33. The van der Waals surface area contributed by atoms with E-state index in [2.05, 4.69) is 41.7 Å². The summed E-state index contributed by atoms with van der Waals surface area (Å²) < 4.78 is 0. The van der Waals surface area contributed by atoms with Gasteiger partial charge < -0.3 is 16.0 Å². The van der Waals surface area contributed by atoms with Crippen LogP contribution in [0.1, 0.15) is 31.8 Å². The van der Waals surface area contributed by atoms with E-state index in [4.69, 9.17) is 5.73 Å². The molecule has 1 heterocycles. The van der Waals surface area contributed by atoms with Crippen molar-refractivity contribution in [2.24, 2.45) is 0 Å². The van der Waals surface area contributed by atoms with Gasteiger partial charge in [-0.05, 0) is 75.5 Å². The molecule has 1 aliphatic heterocycles. The van der Waals surface area contributed by atoms with Crippen LogP contribution in [0, 0.1) is 0 Å². The number of nitrogen functional groups attached to an aromatic ring is 1. The maximum absolute atomic E-state index is 13.1. The number of para-hydroxylation sites is 2. The van der Waals surface area contributed by atoms with Crippen LogP contribution in [0.2, 0.25) is 0 Å². The molecule has 0 bridgehead atoms. The maximum atomic E-state index is 13.1. The van der Waals surface area contributed by atoms with Gasteiger partial charge in [0.2, 0.25) is 0 Å². The van der Waals surface area contributed by atoms with E-state index in [1.165, 1.54) is 10.8 Å². The van der Waals surface area contributed by atoms with Crippen molar-refractivity contribution in [2.45, 2.75) is 13.1 Å². The Kier molecular flexibility index (Phi) is 5.66. The van der Waals surface area contributed by atoms with Crippen molar-refractivity contribution < 1.29 is 9.59 Å². The number of benzene rings is 5. The molecule has 0 aliphatic carbocycles. The third kappa shape index (κ3) is 4.43. The van der Waals surface area contributed by atoms with Crippen molar-refractivity contribution in [2.75, 3.05) is 11.1 Å². The number of carbonyl (C=O) groups excluding carboxylic acids is 2. The average Bonchev–Trinajstić information content (AvgIpc) is 3.24. The third-order valence-electron chi connectivity index (χ3n) is 6.87. The van der Waals surface area contributed by atoms with Crippen molar-refractivity contribution in [3.05, 3.63) is 131 Å². The molecule has 0 saturated carbocycles. The molecule has 6 rings (SSSR count). The third-order valence-corrected chi connectivity index (χ3v) is 6.87. The molecular formula is C32H25N3O2. The highest BCUT2D eigenvalue weighted by Crippen LogP contribution is 2.31. The summed E-state index contributed by atoms with van der Waals surface area (Å²) in [4.78, 5) is 27.5. The molecule has 1 aliphatic rings. The van der Waals surface area contributed by atoms with Crippen LogP contribution in [-0.2, 0) is 13.1 Å². The number of hydrogen-bond donors (Lipinski definition) is 2. The first kappa shape index (κ1) is 22.6. The van der Waals surface area contributed by atoms with Gasteiger partial charge in [0, 0.05) is 24.2 Å². The Bertz CT molecular complexity index is 1660. The topological polar surface area (TPSA) is 75.4 Å². The average molecular weight is 484 g/mol. The zero-order chi connectivity index (χ0) is 25.4. The van der Waals surface area contributed by atoms with Gasteiger partial charge in [0.1, 0.15) is 0 Å². The van der Waals surface area contributed by atoms with Crippen LogP contribution in [0.5, 0.6) is 0 Å². The van der Waals surface area contributed by atoms with Gasteiger partial charge in [-0.15, -0.1) is 0 Å². The first-order chi connectivity index (χ1) is 18.0. The normalized spacial score (nSPS) is 12.5. The lowest BCUT2D eigenvalue weighted by Gasteiger charge is -2.16. The van der Waals surface area contributed by atoms with Gasteiger partial charge >= 0.3 is 0 Å². The molecular weight excluding hydrogens is 458 g/mol. The molecule has 3 N–H and O–H groups in total. The highest BCUT2D eigenvalue weighted by molar-refractivity contribution is 6.05. The van der Waals surface area contributed by atoms with Gasteiger partial charge in [-0.3, -0.25) is 9.59 Å². The molecule has 37 heavy (non-hydrogen) atoms. The van der Waals surface area contributed by atoms with Gasteiger partial charge in [-0.25, -0.2) is 0 Å². The maximum Gasteiger partial charge on any atom is 0.255 e. The van der Waals surface area contributed by atoms with E-state index in [0.717, 1.165) is 27.8 Å². The number of hydrogen-bond acceptors (Lipinski definition) is 3. The summed E-state index contributed by atoms with van der Waals surface area (Å²) in [5.74, 6) is -0.197. The Morgan fingerprint density at radius 1 is 0.784 bits per heavy atom. The van der Waals surface area contributed by atoms with Crippen LogP contribution < -0.4 is 11.1 Å². The first-order valence-corrected chi connectivity index (χ1v) is 12.2. The van der Waals surface area contributed by atoms with Crippen LogP contribution >= 0.6 is 0 Å². The Morgan fingerprint density at radius 2 is 1.49 bits per heavy atom. The van der Waals surface area contributed by atoms with Gasteiger partial charge in [-0.1, -0.05) is 66.7 Å². The number of rotatable bonds is 5. The molecule has 0 aromatic heterocycles. The number of anilines is 2. The van der Waals surface area contributed by atoms with Crippen molar-refractivity contribution in [3.63, 3.8) is 0 Å².